The predicted octanol–water partition coefficient (Wildman–Crippen LogP) is 3.30. The average Bonchev–Trinajstić information content (AvgIpc) is 2.77. The summed E-state index contributed by atoms with van der Waals surface area (Å²) in [6.07, 6.45) is 3.05. The Balaban J connectivity index is 1.72. The van der Waals surface area contributed by atoms with Crippen LogP contribution >= 0.6 is 11.6 Å². The van der Waals surface area contributed by atoms with Gasteiger partial charge in [0, 0.05) is 35.9 Å². The van der Waals surface area contributed by atoms with Gasteiger partial charge in [0.1, 0.15) is 0 Å². The molecule has 7 nitrogen and oxygen atoms in total. The third-order valence-electron chi connectivity index (χ3n) is 4.99. The van der Waals surface area contributed by atoms with Crippen LogP contribution in [0.25, 0.3) is 0 Å². The third kappa shape index (κ3) is 5.86. The summed E-state index contributed by atoms with van der Waals surface area (Å²) in [7, 11) is -3.82. The van der Waals surface area contributed by atoms with Crippen LogP contribution in [-0.4, -0.2) is 44.8 Å². The van der Waals surface area contributed by atoms with Crippen LogP contribution in [0.1, 0.15) is 23.2 Å². The molecule has 0 aliphatic carbocycles. The van der Waals surface area contributed by atoms with E-state index in [0.717, 1.165) is 6.42 Å². The maximum atomic E-state index is 13.0. The highest BCUT2D eigenvalue weighted by atomic mass is 35.5. The quantitative estimate of drug-likeness (QED) is 0.618. The molecule has 164 valence electrons. The maximum Gasteiger partial charge on any atom is 0.261 e. The van der Waals surface area contributed by atoms with Crippen LogP contribution in [0.15, 0.2) is 66.1 Å². The molecule has 2 aromatic rings. The Morgan fingerprint density at radius 1 is 1.19 bits per heavy atom. The molecule has 0 aromatic heterocycles. The molecule has 0 radical (unpaired) electrons. The van der Waals surface area contributed by atoms with Gasteiger partial charge in [0.15, 0.2) is 0 Å². The molecule has 1 aliphatic rings. The lowest BCUT2D eigenvalue weighted by atomic mass is 9.96. The summed E-state index contributed by atoms with van der Waals surface area (Å²) in [4.78, 5) is 26.9. The second-order valence-corrected chi connectivity index (χ2v) is 9.38. The van der Waals surface area contributed by atoms with Crippen LogP contribution < -0.4 is 10.0 Å². The van der Waals surface area contributed by atoms with Gasteiger partial charge in [-0.2, -0.15) is 0 Å². The maximum absolute atomic E-state index is 13.0. The van der Waals surface area contributed by atoms with Gasteiger partial charge in [-0.3, -0.25) is 14.3 Å². The van der Waals surface area contributed by atoms with E-state index < -0.39 is 10.0 Å². The first-order valence-electron chi connectivity index (χ1n) is 9.86. The highest BCUT2D eigenvalue weighted by Crippen LogP contribution is 2.22. The normalized spacial score (nSPS) is 16.4. The van der Waals surface area contributed by atoms with Gasteiger partial charge in [0.25, 0.3) is 15.9 Å². The zero-order valence-corrected chi connectivity index (χ0v) is 18.5. The molecule has 31 heavy (non-hydrogen) atoms. The van der Waals surface area contributed by atoms with Gasteiger partial charge in [-0.05, 0) is 55.3 Å². The standard InChI is InChI=1S/C22H24ClN3O4S/c1-2-12-24-21(27)17-6-4-13-26(15-17)22(28)16-5-3-7-19(14-16)25-31(29,30)20-10-8-18(23)9-11-20/h2-3,5,7-11,14,17,25H,1,4,6,12-13,15H2,(H,24,27)/t17-/m1/s1. The molecule has 2 N–H and O–H groups in total. The minimum atomic E-state index is -3.82. The monoisotopic (exact) mass is 461 g/mol. The lowest BCUT2D eigenvalue weighted by molar-refractivity contribution is -0.126. The molecule has 1 heterocycles. The minimum Gasteiger partial charge on any atom is -0.352 e. The summed E-state index contributed by atoms with van der Waals surface area (Å²) in [5, 5.41) is 3.21. The molecule has 9 heteroatoms. The fraction of sp³-hybridized carbons (Fsp3) is 0.273. The van der Waals surface area contributed by atoms with Crippen molar-refractivity contribution >= 4 is 39.1 Å². The summed E-state index contributed by atoms with van der Waals surface area (Å²) in [5.41, 5.74) is 0.626. The molecule has 0 spiro atoms. The van der Waals surface area contributed by atoms with Gasteiger partial charge in [-0.1, -0.05) is 23.7 Å². The molecular formula is C22H24ClN3O4S. The van der Waals surface area contributed by atoms with Gasteiger partial charge in [-0.25, -0.2) is 8.42 Å². The Kier molecular flexibility index (Phi) is 7.35. The average molecular weight is 462 g/mol. The highest BCUT2D eigenvalue weighted by Gasteiger charge is 2.29. The number of anilines is 1. The lowest BCUT2D eigenvalue weighted by Crippen LogP contribution is -2.45. The van der Waals surface area contributed by atoms with Gasteiger partial charge in [0.2, 0.25) is 5.91 Å². The molecule has 0 saturated carbocycles. The van der Waals surface area contributed by atoms with Crippen molar-refractivity contribution in [3.05, 3.63) is 71.8 Å². The van der Waals surface area contributed by atoms with Gasteiger partial charge < -0.3 is 10.2 Å². The van der Waals surface area contributed by atoms with Crippen molar-refractivity contribution < 1.29 is 18.0 Å². The van der Waals surface area contributed by atoms with Crippen molar-refractivity contribution in [3.8, 4) is 0 Å². The van der Waals surface area contributed by atoms with Gasteiger partial charge in [0.05, 0.1) is 10.8 Å². The first-order chi connectivity index (χ1) is 14.8. The van der Waals surface area contributed by atoms with Crippen molar-refractivity contribution in [2.75, 3.05) is 24.4 Å². The zero-order valence-electron chi connectivity index (χ0n) is 16.9. The molecule has 0 bridgehead atoms. The van der Waals surface area contributed by atoms with Gasteiger partial charge >= 0.3 is 0 Å². The number of nitrogens with one attached hydrogen (secondary N) is 2. The number of halogens is 1. The summed E-state index contributed by atoms with van der Waals surface area (Å²) in [5.74, 6) is -0.611. The largest absolute Gasteiger partial charge is 0.352 e. The fourth-order valence-corrected chi connectivity index (χ4v) is 4.59. The van der Waals surface area contributed by atoms with Crippen LogP contribution in [0.4, 0.5) is 5.69 Å². The molecule has 1 fully saturated rings. The molecule has 2 aromatic carbocycles. The Morgan fingerprint density at radius 2 is 1.94 bits per heavy atom. The number of hydrogen-bond donors (Lipinski definition) is 2. The fourth-order valence-electron chi connectivity index (χ4n) is 3.42. The number of piperidine rings is 1. The first-order valence-corrected chi connectivity index (χ1v) is 11.7. The van der Waals surface area contributed by atoms with Crippen LogP contribution in [0.5, 0.6) is 0 Å². The minimum absolute atomic E-state index is 0.0676. The van der Waals surface area contributed by atoms with E-state index in [4.69, 9.17) is 11.6 Å². The van der Waals surface area contributed by atoms with Gasteiger partial charge in [-0.15, -0.1) is 6.58 Å². The number of hydrogen-bond acceptors (Lipinski definition) is 4. The number of amides is 2. The summed E-state index contributed by atoms with van der Waals surface area (Å²) < 4.78 is 27.7. The summed E-state index contributed by atoms with van der Waals surface area (Å²) in [6.45, 7) is 4.84. The SMILES string of the molecule is C=CCNC(=O)[C@@H]1CCCN(C(=O)c2cccc(NS(=O)(=O)c3ccc(Cl)cc3)c2)C1. The number of rotatable bonds is 7. The number of sulfonamides is 1. The third-order valence-corrected chi connectivity index (χ3v) is 6.63. The topological polar surface area (TPSA) is 95.6 Å². The van der Waals surface area contributed by atoms with E-state index in [-0.39, 0.29) is 28.3 Å². The molecule has 1 saturated heterocycles. The molecule has 1 atom stereocenters. The molecule has 1 aliphatic heterocycles. The van der Waals surface area contributed by atoms with E-state index in [9.17, 15) is 18.0 Å². The van der Waals surface area contributed by atoms with Crippen LogP contribution in [0, 0.1) is 5.92 Å². The molecular weight excluding hydrogens is 438 g/mol. The van der Waals surface area contributed by atoms with Crippen LogP contribution in [-0.2, 0) is 14.8 Å². The molecule has 2 amide bonds. The van der Waals surface area contributed by atoms with E-state index in [1.54, 1.807) is 29.2 Å². The van der Waals surface area contributed by atoms with Crippen molar-refractivity contribution in [2.24, 2.45) is 5.92 Å². The van der Waals surface area contributed by atoms with E-state index in [1.807, 2.05) is 0 Å². The second kappa shape index (κ2) is 9.98. The zero-order chi connectivity index (χ0) is 22.4. The van der Waals surface area contributed by atoms with E-state index in [2.05, 4.69) is 16.6 Å². The van der Waals surface area contributed by atoms with E-state index >= 15 is 0 Å². The van der Waals surface area contributed by atoms with Crippen LogP contribution in [0.2, 0.25) is 5.02 Å². The number of carbonyl (C=O) groups excluding carboxylic acids is 2. The Morgan fingerprint density at radius 3 is 2.65 bits per heavy atom. The van der Waals surface area contributed by atoms with Crippen molar-refractivity contribution in [2.45, 2.75) is 17.7 Å². The summed E-state index contributed by atoms with van der Waals surface area (Å²) >= 11 is 5.82. The van der Waals surface area contributed by atoms with Crippen molar-refractivity contribution in [1.82, 2.24) is 10.2 Å². The highest BCUT2D eigenvalue weighted by molar-refractivity contribution is 7.92. The number of likely N-dealkylation sites (tertiary alicyclic amines) is 1. The molecule has 0 unspecified atom stereocenters. The number of nitrogens with zero attached hydrogens (tertiary/aromatic N) is 1. The van der Waals surface area contributed by atoms with Crippen LogP contribution in [0.3, 0.4) is 0 Å². The Bertz CT molecular complexity index is 1070. The number of carbonyl (C=O) groups is 2. The van der Waals surface area contributed by atoms with E-state index in [1.165, 1.54) is 30.3 Å². The second-order valence-electron chi connectivity index (χ2n) is 7.26. The van der Waals surface area contributed by atoms with Crippen molar-refractivity contribution in [3.63, 3.8) is 0 Å². The Hall–Kier alpha value is -2.84. The summed E-state index contributed by atoms with van der Waals surface area (Å²) in [6, 6.07) is 12.1. The predicted molar refractivity (Wildman–Crippen MR) is 121 cm³/mol. The van der Waals surface area contributed by atoms with E-state index in [0.29, 0.717) is 36.6 Å². The van der Waals surface area contributed by atoms with Crippen molar-refractivity contribution in [1.29, 1.82) is 0 Å². The lowest BCUT2D eigenvalue weighted by Gasteiger charge is -2.32. The first kappa shape index (κ1) is 22.8. The Labute approximate surface area is 187 Å². The molecule has 3 rings (SSSR count). The smallest absolute Gasteiger partial charge is 0.261 e. The number of benzene rings is 2.